The predicted molar refractivity (Wildman–Crippen MR) is 174 cm³/mol. The van der Waals surface area contributed by atoms with Crippen LogP contribution in [0.1, 0.15) is 81.8 Å². The normalized spacial score (nSPS) is 28.1. The van der Waals surface area contributed by atoms with Gasteiger partial charge in [0.1, 0.15) is 0 Å². The van der Waals surface area contributed by atoms with Gasteiger partial charge in [-0.3, -0.25) is 0 Å². The van der Waals surface area contributed by atoms with E-state index in [1.54, 1.807) is 0 Å². The van der Waals surface area contributed by atoms with Crippen molar-refractivity contribution in [3.63, 3.8) is 0 Å². The number of nitrogens with one attached hydrogen (secondary N) is 2. The number of halogens is 2. The van der Waals surface area contributed by atoms with Gasteiger partial charge in [-0.15, -0.1) is 0 Å². The molecule has 0 atom stereocenters. The van der Waals surface area contributed by atoms with Crippen LogP contribution in [0.25, 0.3) is 0 Å². The standard InChI is InChI=1S/C18H24BrN3.C14H20BrN3/c1-11-4-15(19)2-3-16(11)21-17(20)22-18-8-12-5-13(9-18)7-14(6-12)10-18;1-10-9-11(15)7-8-13(10)18-14(16)17-12-5-3-2-4-6-12/h2-4,12-14H,5-10H2,1H3,(H3,20,21,22);7-9,12H,2-6H2,1H3,(H3,16,17,18). The van der Waals surface area contributed by atoms with Crippen molar-refractivity contribution in [2.24, 2.45) is 39.2 Å². The maximum atomic E-state index is 6.26. The second kappa shape index (κ2) is 12.8. The molecule has 216 valence electrons. The summed E-state index contributed by atoms with van der Waals surface area (Å²) in [7, 11) is 0. The highest BCUT2D eigenvalue weighted by Crippen LogP contribution is 2.55. The summed E-state index contributed by atoms with van der Waals surface area (Å²) >= 11 is 6.94. The maximum Gasteiger partial charge on any atom is 0.194 e. The van der Waals surface area contributed by atoms with Crippen LogP contribution in [0.3, 0.4) is 0 Å². The molecular weight excluding hydrogens is 628 g/mol. The Bertz CT molecular complexity index is 1210. The Morgan fingerprint density at radius 1 is 0.750 bits per heavy atom. The summed E-state index contributed by atoms with van der Waals surface area (Å²) < 4.78 is 2.15. The second-order valence-electron chi connectivity index (χ2n) is 12.7. The van der Waals surface area contributed by atoms with Crippen molar-refractivity contribution in [2.75, 3.05) is 0 Å². The van der Waals surface area contributed by atoms with Crippen LogP contribution in [0.4, 0.5) is 11.4 Å². The minimum Gasteiger partial charge on any atom is -0.370 e. The fourth-order valence-electron chi connectivity index (χ4n) is 7.80. The number of rotatable bonds is 4. The molecule has 40 heavy (non-hydrogen) atoms. The Labute approximate surface area is 256 Å². The van der Waals surface area contributed by atoms with E-state index in [0.717, 1.165) is 49.2 Å². The average Bonchev–Trinajstić information content (AvgIpc) is 2.87. The van der Waals surface area contributed by atoms with Crippen molar-refractivity contribution >= 4 is 55.2 Å². The third-order valence-electron chi connectivity index (χ3n) is 9.19. The Kier molecular flexibility index (Phi) is 9.45. The van der Waals surface area contributed by atoms with Crippen molar-refractivity contribution in [3.05, 3.63) is 56.5 Å². The second-order valence-corrected chi connectivity index (χ2v) is 14.5. The number of benzene rings is 2. The van der Waals surface area contributed by atoms with E-state index in [-0.39, 0.29) is 5.54 Å². The molecule has 7 rings (SSSR count). The van der Waals surface area contributed by atoms with Crippen LogP contribution in [0.15, 0.2) is 55.3 Å². The number of guanidine groups is 2. The van der Waals surface area contributed by atoms with Crippen LogP contribution in [0, 0.1) is 31.6 Å². The molecule has 0 unspecified atom stereocenters. The van der Waals surface area contributed by atoms with Gasteiger partial charge < -0.3 is 22.1 Å². The maximum absolute atomic E-state index is 6.26. The van der Waals surface area contributed by atoms with Crippen LogP contribution in [-0.4, -0.2) is 23.5 Å². The first-order chi connectivity index (χ1) is 19.2. The van der Waals surface area contributed by atoms with Gasteiger partial charge in [0.05, 0.1) is 11.4 Å². The molecule has 5 fully saturated rings. The molecule has 0 aromatic heterocycles. The topological polar surface area (TPSA) is 101 Å². The summed E-state index contributed by atoms with van der Waals surface area (Å²) in [5.74, 6) is 3.88. The van der Waals surface area contributed by atoms with Gasteiger partial charge in [0.2, 0.25) is 0 Å². The lowest BCUT2D eigenvalue weighted by atomic mass is 9.53. The molecule has 2 aromatic rings. The molecule has 6 N–H and O–H groups in total. The summed E-state index contributed by atoms with van der Waals surface area (Å²) in [6.45, 7) is 4.11. The molecule has 0 aliphatic heterocycles. The van der Waals surface area contributed by atoms with Gasteiger partial charge >= 0.3 is 0 Å². The molecule has 0 amide bonds. The number of hydrogen-bond donors (Lipinski definition) is 4. The van der Waals surface area contributed by atoms with E-state index in [1.165, 1.54) is 70.6 Å². The molecule has 0 radical (unpaired) electrons. The van der Waals surface area contributed by atoms with Crippen molar-refractivity contribution in [1.29, 1.82) is 0 Å². The van der Waals surface area contributed by atoms with E-state index in [4.69, 9.17) is 11.5 Å². The Balaban J connectivity index is 0.000000165. The summed E-state index contributed by atoms with van der Waals surface area (Å²) in [5.41, 5.74) is 16.6. The van der Waals surface area contributed by atoms with Gasteiger partial charge in [0.25, 0.3) is 0 Å². The van der Waals surface area contributed by atoms with E-state index < -0.39 is 0 Å². The molecule has 5 saturated carbocycles. The number of nitrogens with two attached hydrogens (primary N) is 2. The number of aliphatic imine (C=N–C) groups is 2. The SMILES string of the molecule is Cc1cc(Br)ccc1N=C(N)NC12CC3CC(CC(C3)C1)C2.Cc1cc(Br)ccc1N=C(N)NC1CCCCC1. The zero-order chi connectivity index (χ0) is 28.3. The van der Waals surface area contributed by atoms with E-state index in [0.29, 0.717) is 18.0 Å². The molecule has 6 nitrogen and oxygen atoms in total. The molecule has 5 aliphatic rings. The fraction of sp³-hybridized carbons (Fsp3) is 0.562. The Morgan fingerprint density at radius 3 is 1.70 bits per heavy atom. The molecule has 0 heterocycles. The minimum atomic E-state index is 0.228. The first-order valence-corrected chi connectivity index (χ1v) is 16.5. The zero-order valence-electron chi connectivity index (χ0n) is 23.9. The predicted octanol–water partition coefficient (Wildman–Crippen LogP) is 7.89. The fourth-order valence-corrected chi connectivity index (χ4v) is 8.75. The average molecular weight is 673 g/mol. The molecule has 5 aliphatic carbocycles. The lowest BCUT2D eigenvalue weighted by Crippen LogP contribution is -2.61. The van der Waals surface area contributed by atoms with Gasteiger partial charge in [0, 0.05) is 20.5 Å². The lowest BCUT2D eigenvalue weighted by Gasteiger charge is -2.57. The molecule has 4 bridgehead atoms. The summed E-state index contributed by atoms with van der Waals surface area (Å²) in [5, 5.41) is 6.96. The van der Waals surface area contributed by atoms with Gasteiger partial charge in [0.15, 0.2) is 11.9 Å². The van der Waals surface area contributed by atoms with Crippen LogP contribution in [0.5, 0.6) is 0 Å². The zero-order valence-corrected chi connectivity index (χ0v) is 27.0. The molecule has 2 aromatic carbocycles. The molecular formula is C32H44Br2N6. The van der Waals surface area contributed by atoms with Crippen molar-refractivity contribution in [1.82, 2.24) is 10.6 Å². The third-order valence-corrected chi connectivity index (χ3v) is 10.2. The minimum absolute atomic E-state index is 0.228. The van der Waals surface area contributed by atoms with Gasteiger partial charge in [-0.2, -0.15) is 0 Å². The molecule has 0 saturated heterocycles. The van der Waals surface area contributed by atoms with Gasteiger partial charge in [-0.25, -0.2) is 9.98 Å². The van der Waals surface area contributed by atoms with Crippen LogP contribution < -0.4 is 22.1 Å². The summed E-state index contributed by atoms with van der Waals surface area (Å²) in [6.07, 6.45) is 14.5. The highest BCUT2D eigenvalue weighted by Gasteiger charge is 2.51. The summed E-state index contributed by atoms with van der Waals surface area (Å²) in [6, 6.07) is 12.6. The number of aryl methyl sites for hydroxylation is 2. The smallest absolute Gasteiger partial charge is 0.194 e. The molecule has 8 heteroatoms. The Hall–Kier alpha value is -2.06. The van der Waals surface area contributed by atoms with Crippen molar-refractivity contribution < 1.29 is 0 Å². The number of hydrogen-bond acceptors (Lipinski definition) is 2. The molecule has 0 spiro atoms. The highest BCUT2D eigenvalue weighted by molar-refractivity contribution is 9.10. The quantitative estimate of drug-likeness (QED) is 0.196. The number of nitrogens with zero attached hydrogens (tertiary/aromatic N) is 2. The van der Waals surface area contributed by atoms with E-state index in [1.807, 2.05) is 37.3 Å². The van der Waals surface area contributed by atoms with E-state index in [2.05, 4.69) is 65.5 Å². The van der Waals surface area contributed by atoms with Gasteiger partial charge in [-0.1, -0.05) is 51.1 Å². The first kappa shape index (κ1) is 29.4. The van der Waals surface area contributed by atoms with Crippen molar-refractivity contribution in [2.45, 2.75) is 96.1 Å². The van der Waals surface area contributed by atoms with Crippen LogP contribution in [-0.2, 0) is 0 Å². The van der Waals surface area contributed by atoms with E-state index >= 15 is 0 Å². The Morgan fingerprint density at radius 2 is 1.23 bits per heavy atom. The third kappa shape index (κ3) is 7.61. The first-order valence-electron chi connectivity index (χ1n) is 14.9. The van der Waals surface area contributed by atoms with Crippen LogP contribution >= 0.6 is 31.9 Å². The lowest BCUT2D eigenvalue weighted by molar-refractivity contribution is -0.0102. The van der Waals surface area contributed by atoms with E-state index in [9.17, 15) is 0 Å². The monoisotopic (exact) mass is 670 g/mol. The highest BCUT2D eigenvalue weighted by atomic mass is 79.9. The van der Waals surface area contributed by atoms with Gasteiger partial charge in [-0.05, 0) is 130 Å². The largest absolute Gasteiger partial charge is 0.370 e. The summed E-state index contributed by atoms with van der Waals surface area (Å²) in [4.78, 5) is 9.09. The van der Waals surface area contributed by atoms with Crippen molar-refractivity contribution in [3.8, 4) is 0 Å². The van der Waals surface area contributed by atoms with Crippen LogP contribution in [0.2, 0.25) is 0 Å².